The number of hydrogen-bond acceptors (Lipinski definition) is 3. The van der Waals surface area contributed by atoms with Crippen LogP contribution in [0.5, 0.6) is 0 Å². The number of rotatable bonds is 2. The lowest BCUT2D eigenvalue weighted by Crippen LogP contribution is -1.94. The second kappa shape index (κ2) is 5.58. The summed E-state index contributed by atoms with van der Waals surface area (Å²) in [6.07, 6.45) is 1.98. The van der Waals surface area contributed by atoms with E-state index in [9.17, 15) is 8.78 Å². The van der Waals surface area contributed by atoms with E-state index < -0.39 is 11.6 Å². The molecule has 106 valence electrons. The van der Waals surface area contributed by atoms with Crippen LogP contribution >= 0.6 is 23.4 Å². The number of benzene rings is 2. The van der Waals surface area contributed by atoms with Crippen molar-refractivity contribution in [3.05, 3.63) is 53.2 Å². The first-order chi connectivity index (χ1) is 10.1. The molecule has 0 aliphatic heterocycles. The van der Waals surface area contributed by atoms with E-state index in [-0.39, 0.29) is 10.7 Å². The van der Waals surface area contributed by atoms with Crippen LogP contribution in [0.2, 0.25) is 5.15 Å². The first-order valence-corrected chi connectivity index (χ1v) is 7.65. The van der Waals surface area contributed by atoms with Crippen molar-refractivity contribution in [1.29, 1.82) is 0 Å². The highest BCUT2D eigenvalue weighted by atomic mass is 35.5. The Bertz CT molecular complexity index is 822. The van der Waals surface area contributed by atoms with Crippen LogP contribution in [0.15, 0.2) is 41.3 Å². The van der Waals surface area contributed by atoms with Crippen molar-refractivity contribution in [2.45, 2.75) is 4.90 Å². The summed E-state index contributed by atoms with van der Waals surface area (Å²) in [7, 11) is 0. The quantitative estimate of drug-likeness (QED) is 0.493. The fourth-order valence-electron chi connectivity index (χ4n) is 1.96. The van der Waals surface area contributed by atoms with Gasteiger partial charge in [0.25, 0.3) is 0 Å². The van der Waals surface area contributed by atoms with Crippen molar-refractivity contribution in [3.8, 4) is 11.4 Å². The molecular weight excluding hydrogens is 314 g/mol. The highest BCUT2D eigenvalue weighted by molar-refractivity contribution is 7.98. The maximum Gasteiger partial charge on any atom is 0.161 e. The van der Waals surface area contributed by atoms with E-state index in [0.29, 0.717) is 11.2 Å². The predicted octanol–water partition coefficient (Wildman–Crippen LogP) is 4.95. The highest BCUT2D eigenvalue weighted by Crippen LogP contribution is 2.27. The predicted molar refractivity (Wildman–Crippen MR) is 81.7 cm³/mol. The van der Waals surface area contributed by atoms with Crippen LogP contribution in [0.4, 0.5) is 8.78 Å². The summed E-state index contributed by atoms with van der Waals surface area (Å²) in [6, 6.07) is 9.64. The Kier molecular flexibility index (Phi) is 3.78. The summed E-state index contributed by atoms with van der Waals surface area (Å²) >= 11 is 7.67. The lowest BCUT2D eigenvalue weighted by molar-refractivity contribution is 0.510. The van der Waals surface area contributed by atoms with Crippen LogP contribution in [0.3, 0.4) is 0 Å². The third-order valence-electron chi connectivity index (χ3n) is 3.04. The van der Waals surface area contributed by atoms with Gasteiger partial charge in [-0.05, 0) is 24.5 Å². The van der Waals surface area contributed by atoms with Crippen LogP contribution in [0.25, 0.3) is 22.3 Å². The third-order valence-corrected chi connectivity index (χ3v) is 4.07. The van der Waals surface area contributed by atoms with E-state index in [2.05, 4.69) is 9.97 Å². The number of hydrogen-bond donors (Lipinski definition) is 0. The summed E-state index contributed by atoms with van der Waals surface area (Å²) in [5, 5.41) is 0.392. The molecule has 1 heterocycles. The maximum atomic E-state index is 13.3. The molecular formula is C15H9ClF2N2S. The number of halogens is 3. The SMILES string of the molecule is CSc1ccc(-c2nc(Cl)c3cc(F)c(F)cc3n2)cc1. The monoisotopic (exact) mass is 322 g/mol. The van der Waals surface area contributed by atoms with Gasteiger partial charge in [-0.15, -0.1) is 11.8 Å². The minimum Gasteiger partial charge on any atom is -0.228 e. The number of nitrogens with zero attached hydrogens (tertiary/aromatic N) is 2. The molecule has 0 unspecified atom stereocenters. The molecule has 21 heavy (non-hydrogen) atoms. The van der Waals surface area contributed by atoms with Gasteiger partial charge in [-0.1, -0.05) is 23.7 Å². The molecule has 2 aromatic carbocycles. The van der Waals surface area contributed by atoms with Gasteiger partial charge in [0, 0.05) is 21.9 Å². The summed E-state index contributed by atoms with van der Waals surface area (Å²) in [6.45, 7) is 0. The Morgan fingerprint density at radius 3 is 2.33 bits per heavy atom. The summed E-state index contributed by atoms with van der Waals surface area (Å²) in [4.78, 5) is 9.52. The Morgan fingerprint density at radius 1 is 1.00 bits per heavy atom. The van der Waals surface area contributed by atoms with Crippen molar-refractivity contribution in [2.24, 2.45) is 0 Å². The van der Waals surface area contributed by atoms with Gasteiger partial charge in [-0.25, -0.2) is 18.7 Å². The Balaban J connectivity index is 2.17. The average molecular weight is 323 g/mol. The molecule has 0 saturated heterocycles. The zero-order valence-electron chi connectivity index (χ0n) is 10.9. The Hall–Kier alpha value is -1.72. The molecule has 0 spiro atoms. The molecule has 0 fully saturated rings. The summed E-state index contributed by atoms with van der Waals surface area (Å²) < 4.78 is 26.6. The third kappa shape index (κ3) is 2.71. The second-order valence-corrected chi connectivity index (χ2v) is 5.59. The normalized spacial score (nSPS) is 11.0. The minimum absolute atomic E-state index is 0.0999. The molecule has 0 N–H and O–H groups in total. The van der Waals surface area contributed by atoms with Crippen molar-refractivity contribution in [3.63, 3.8) is 0 Å². The van der Waals surface area contributed by atoms with Gasteiger partial charge in [0.2, 0.25) is 0 Å². The standard InChI is InChI=1S/C15H9ClF2N2S/c1-21-9-4-2-8(3-5-9)15-19-13-7-12(18)11(17)6-10(13)14(16)20-15/h2-7H,1H3. The van der Waals surface area contributed by atoms with Crippen molar-refractivity contribution in [2.75, 3.05) is 6.26 Å². The maximum absolute atomic E-state index is 13.3. The van der Waals surface area contributed by atoms with Crippen LogP contribution in [0, 0.1) is 11.6 Å². The molecule has 0 saturated carbocycles. The van der Waals surface area contributed by atoms with Gasteiger partial charge in [-0.3, -0.25) is 0 Å². The highest BCUT2D eigenvalue weighted by Gasteiger charge is 2.12. The lowest BCUT2D eigenvalue weighted by Gasteiger charge is -2.06. The van der Waals surface area contributed by atoms with Gasteiger partial charge in [-0.2, -0.15) is 0 Å². The molecule has 0 radical (unpaired) electrons. The van der Waals surface area contributed by atoms with E-state index in [1.165, 1.54) is 0 Å². The fraction of sp³-hybridized carbons (Fsp3) is 0.0667. The molecule has 0 atom stereocenters. The van der Waals surface area contributed by atoms with Gasteiger partial charge < -0.3 is 0 Å². The second-order valence-electron chi connectivity index (χ2n) is 4.35. The molecule has 6 heteroatoms. The summed E-state index contributed by atoms with van der Waals surface area (Å²) in [5.74, 6) is -1.54. The van der Waals surface area contributed by atoms with E-state index in [1.54, 1.807) is 11.8 Å². The zero-order chi connectivity index (χ0) is 15.0. The number of thioether (sulfide) groups is 1. The number of aromatic nitrogens is 2. The summed E-state index contributed by atoms with van der Waals surface area (Å²) in [5.41, 5.74) is 1.04. The van der Waals surface area contributed by atoms with Gasteiger partial charge in [0.05, 0.1) is 5.52 Å². The van der Waals surface area contributed by atoms with Crippen molar-refractivity contribution >= 4 is 34.3 Å². The van der Waals surface area contributed by atoms with Crippen LogP contribution < -0.4 is 0 Å². The molecule has 0 bridgehead atoms. The molecule has 0 aliphatic rings. The molecule has 0 amide bonds. The van der Waals surface area contributed by atoms with Crippen LogP contribution in [-0.2, 0) is 0 Å². The molecule has 3 aromatic rings. The molecule has 2 nitrogen and oxygen atoms in total. The van der Waals surface area contributed by atoms with Crippen molar-refractivity contribution < 1.29 is 8.78 Å². The van der Waals surface area contributed by atoms with Gasteiger partial charge in [0.15, 0.2) is 17.5 Å². The largest absolute Gasteiger partial charge is 0.228 e. The minimum atomic E-state index is -0.968. The van der Waals surface area contributed by atoms with E-state index in [4.69, 9.17) is 11.6 Å². The first kappa shape index (κ1) is 14.2. The topological polar surface area (TPSA) is 25.8 Å². The smallest absolute Gasteiger partial charge is 0.161 e. The van der Waals surface area contributed by atoms with Crippen LogP contribution in [0.1, 0.15) is 0 Å². The Morgan fingerprint density at radius 2 is 1.67 bits per heavy atom. The molecule has 3 rings (SSSR count). The first-order valence-electron chi connectivity index (χ1n) is 6.05. The van der Waals surface area contributed by atoms with Gasteiger partial charge in [0.1, 0.15) is 5.15 Å². The fourth-order valence-corrected chi connectivity index (χ4v) is 2.60. The average Bonchev–Trinajstić information content (AvgIpc) is 2.49. The molecule has 1 aromatic heterocycles. The van der Waals surface area contributed by atoms with Crippen molar-refractivity contribution in [1.82, 2.24) is 9.97 Å². The van der Waals surface area contributed by atoms with Gasteiger partial charge >= 0.3 is 0 Å². The van der Waals surface area contributed by atoms with E-state index >= 15 is 0 Å². The Labute approximate surface area is 129 Å². The van der Waals surface area contributed by atoms with Crippen LogP contribution in [-0.4, -0.2) is 16.2 Å². The zero-order valence-corrected chi connectivity index (χ0v) is 12.5. The van der Waals surface area contributed by atoms with E-state index in [0.717, 1.165) is 22.6 Å². The number of fused-ring (bicyclic) bond motifs is 1. The lowest BCUT2D eigenvalue weighted by atomic mass is 10.2. The van der Waals surface area contributed by atoms with E-state index in [1.807, 2.05) is 30.5 Å². The molecule has 0 aliphatic carbocycles.